The fourth-order valence-corrected chi connectivity index (χ4v) is 3.28. The molecule has 1 aliphatic rings. The zero-order valence-corrected chi connectivity index (χ0v) is 12.8. The van der Waals surface area contributed by atoms with Crippen molar-refractivity contribution in [3.63, 3.8) is 0 Å². The van der Waals surface area contributed by atoms with Gasteiger partial charge in [0.25, 0.3) is 0 Å². The molecule has 1 aromatic carbocycles. The third-order valence-corrected chi connectivity index (χ3v) is 4.66. The van der Waals surface area contributed by atoms with Crippen LogP contribution in [0.15, 0.2) is 18.2 Å². The molecule has 1 saturated heterocycles. The van der Waals surface area contributed by atoms with Gasteiger partial charge in [0.05, 0.1) is 0 Å². The molecule has 0 aliphatic carbocycles. The molecule has 19 heavy (non-hydrogen) atoms. The molecule has 0 amide bonds. The van der Waals surface area contributed by atoms with E-state index in [4.69, 9.17) is 5.73 Å². The third-order valence-electron chi connectivity index (χ3n) is 4.66. The summed E-state index contributed by atoms with van der Waals surface area (Å²) in [5, 5.41) is 0. The van der Waals surface area contributed by atoms with Crippen LogP contribution in [-0.4, -0.2) is 24.5 Å². The number of aryl methyl sites for hydroxylation is 2. The van der Waals surface area contributed by atoms with E-state index in [1.807, 2.05) is 0 Å². The van der Waals surface area contributed by atoms with Gasteiger partial charge in [-0.25, -0.2) is 0 Å². The molecule has 0 aromatic heterocycles. The Kier molecular flexibility index (Phi) is 4.64. The Morgan fingerprint density at radius 2 is 1.79 bits per heavy atom. The van der Waals surface area contributed by atoms with Gasteiger partial charge in [0.15, 0.2) is 0 Å². The highest BCUT2D eigenvalue weighted by Gasteiger charge is 2.28. The standard InChI is InChI=1S/C17H28N2/c1-12-7-13(2)9-16(8-12)17(10-18)19-6-5-14(3)15(4)11-19/h7-9,14-15,17H,5-6,10-11,18H2,1-4H3. The van der Waals surface area contributed by atoms with Crippen molar-refractivity contribution < 1.29 is 0 Å². The lowest BCUT2D eigenvalue weighted by molar-refractivity contribution is 0.0982. The average molecular weight is 260 g/mol. The van der Waals surface area contributed by atoms with E-state index in [9.17, 15) is 0 Å². The van der Waals surface area contributed by atoms with Crippen LogP contribution in [0.2, 0.25) is 0 Å². The number of benzene rings is 1. The normalized spacial score (nSPS) is 26.4. The molecule has 2 rings (SSSR count). The molecule has 2 nitrogen and oxygen atoms in total. The summed E-state index contributed by atoms with van der Waals surface area (Å²) in [5.74, 6) is 1.61. The first kappa shape index (κ1) is 14.5. The summed E-state index contributed by atoms with van der Waals surface area (Å²) in [6.07, 6.45) is 1.29. The number of hydrogen-bond donors (Lipinski definition) is 1. The fourth-order valence-electron chi connectivity index (χ4n) is 3.28. The van der Waals surface area contributed by atoms with Gasteiger partial charge >= 0.3 is 0 Å². The van der Waals surface area contributed by atoms with Crippen LogP contribution in [-0.2, 0) is 0 Å². The predicted octanol–water partition coefficient (Wildman–Crippen LogP) is 3.28. The van der Waals surface area contributed by atoms with Crippen molar-refractivity contribution in [3.8, 4) is 0 Å². The molecule has 1 heterocycles. The van der Waals surface area contributed by atoms with Crippen molar-refractivity contribution in [2.24, 2.45) is 17.6 Å². The summed E-state index contributed by atoms with van der Waals surface area (Å²) in [5.41, 5.74) is 10.1. The van der Waals surface area contributed by atoms with Crippen LogP contribution < -0.4 is 5.73 Å². The molecule has 0 bridgehead atoms. The van der Waals surface area contributed by atoms with Crippen LogP contribution in [0.25, 0.3) is 0 Å². The first-order chi connectivity index (χ1) is 9.01. The third kappa shape index (κ3) is 3.37. The molecule has 1 fully saturated rings. The Morgan fingerprint density at radius 3 is 2.32 bits per heavy atom. The van der Waals surface area contributed by atoms with E-state index >= 15 is 0 Å². The highest BCUT2D eigenvalue weighted by atomic mass is 15.2. The quantitative estimate of drug-likeness (QED) is 0.903. The second-order valence-corrected chi connectivity index (χ2v) is 6.41. The molecule has 3 unspecified atom stereocenters. The van der Waals surface area contributed by atoms with Crippen LogP contribution in [0, 0.1) is 25.7 Å². The van der Waals surface area contributed by atoms with Crippen molar-refractivity contribution in [2.75, 3.05) is 19.6 Å². The summed E-state index contributed by atoms with van der Waals surface area (Å²) in [4.78, 5) is 2.58. The second kappa shape index (κ2) is 6.06. The highest BCUT2D eigenvalue weighted by molar-refractivity contribution is 5.31. The predicted molar refractivity (Wildman–Crippen MR) is 82.2 cm³/mol. The Labute approximate surface area is 118 Å². The average Bonchev–Trinajstić information content (AvgIpc) is 2.33. The maximum Gasteiger partial charge on any atom is 0.0470 e. The smallest absolute Gasteiger partial charge is 0.0470 e. The first-order valence-electron chi connectivity index (χ1n) is 7.53. The number of rotatable bonds is 3. The molecule has 0 spiro atoms. The molecule has 106 valence electrons. The zero-order valence-electron chi connectivity index (χ0n) is 12.8. The molecule has 1 aromatic rings. The van der Waals surface area contributed by atoms with Crippen molar-refractivity contribution in [3.05, 3.63) is 34.9 Å². The Morgan fingerprint density at radius 1 is 1.16 bits per heavy atom. The minimum atomic E-state index is 0.383. The van der Waals surface area contributed by atoms with E-state index in [2.05, 4.69) is 50.8 Å². The topological polar surface area (TPSA) is 29.3 Å². The van der Waals surface area contributed by atoms with Crippen molar-refractivity contribution in [1.29, 1.82) is 0 Å². The van der Waals surface area contributed by atoms with E-state index in [1.54, 1.807) is 0 Å². The van der Waals surface area contributed by atoms with Gasteiger partial charge in [-0.05, 0) is 44.2 Å². The number of piperidine rings is 1. The van der Waals surface area contributed by atoms with E-state index < -0.39 is 0 Å². The number of nitrogens with two attached hydrogens (primary N) is 1. The number of likely N-dealkylation sites (tertiary alicyclic amines) is 1. The highest BCUT2D eigenvalue weighted by Crippen LogP contribution is 2.30. The Balaban J connectivity index is 2.19. The first-order valence-corrected chi connectivity index (χ1v) is 7.53. The molecule has 0 radical (unpaired) electrons. The van der Waals surface area contributed by atoms with Crippen LogP contribution in [0.1, 0.15) is 43.0 Å². The van der Waals surface area contributed by atoms with Crippen LogP contribution >= 0.6 is 0 Å². The molecule has 3 atom stereocenters. The SMILES string of the molecule is Cc1cc(C)cc(C(CN)N2CCC(C)C(C)C2)c1. The van der Waals surface area contributed by atoms with Gasteiger partial charge in [-0.2, -0.15) is 0 Å². The van der Waals surface area contributed by atoms with Crippen molar-refractivity contribution in [1.82, 2.24) is 4.90 Å². The summed E-state index contributed by atoms with van der Waals surface area (Å²) in [6, 6.07) is 7.21. The maximum atomic E-state index is 6.07. The van der Waals surface area contributed by atoms with Crippen molar-refractivity contribution >= 4 is 0 Å². The van der Waals surface area contributed by atoms with Crippen molar-refractivity contribution in [2.45, 2.75) is 40.2 Å². The lowest BCUT2D eigenvalue weighted by Gasteiger charge is -2.40. The second-order valence-electron chi connectivity index (χ2n) is 6.41. The monoisotopic (exact) mass is 260 g/mol. The zero-order chi connectivity index (χ0) is 14.0. The molecule has 2 heteroatoms. The summed E-state index contributed by atoms with van der Waals surface area (Å²) < 4.78 is 0. The van der Waals surface area contributed by atoms with E-state index in [-0.39, 0.29) is 0 Å². The number of nitrogens with zero attached hydrogens (tertiary/aromatic N) is 1. The summed E-state index contributed by atoms with van der Waals surface area (Å²) >= 11 is 0. The van der Waals surface area contributed by atoms with Crippen LogP contribution in [0.3, 0.4) is 0 Å². The van der Waals surface area contributed by atoms with Gasteiger partial charge in [-0.1, -0.05) is 43.2 Å². The minimum absolute atomic E-state index is 0.383. The minimum Gasteiger partial charge on any atom is -0.329 e. The van der Waals surface area contributed by atoms with E-state index in [1.165, 1.54) is 36.2 Å². The Hall–Kier alpha value is -0.860. The van der Waals surface area contributed by atoms with Gasteiger partial charge in [-0.15, -0.1) is 0 Å². The molecule has 0 saturated carbocycles. The van der Waals surface area contributed by atoms with Gasteiger partial charge in [0.2, 0.25) is 0 Å². The lowest BCUT2D eigenvalue weighted by atomic mass is 9.87. The molecular weight excluding hydrogens is 232 g/mol. The lowest BCUT2D eigenvalue weighted by Crippen LogP contribution is -2.43. The van der Waals surface area contributed by atoms with Gasteiger partial charge in [0.1, 0.15) is 0 Å². The van der Waals surface area contributed by atoms with E-state index in [0.717, 1.165) is 11.8 Å². The summed E-state index contributed by atoms with van der Waals surface area (Å²) in [6.45, 7) is 12.2. The maximum absolute atomic E-state index is 6.07. The summed E-state index contributed by atoms with van der Waals surface area (Å²) in [7, 11) is 0. The van der Waals surface area contributed by atoms with Gasteiger partial charge < -0.3 is 5.73 Å². The van der Waals surface area contributed by atoms with E-state index in [0.29, 0.717) is 12.6 Å². The van der Waals surface area contributed by atoms with Gasteiger partial charge in [0, 0.05) is 19.1 Å². The van der Waals surface area contributed by atoms with Gasteiger partial charge in [-0.3, -0.25) is 4.90 Å². The molecule has 1 aliphatic heterocycles. The van der Waals surface area contributed by atoms with Crippen LogP contribution in [0.5, 0.6) is 0 Å². The largest absolute Gasteiger partial charge is 0.329 e. The molecular formula is C17H28N2. The fraction of sp³-hybridized carbons (Fsp3) is 0.647. The number of hydrogen-bond acceptors (Lipinski definition) is 2. The molecule has 2 N–H and O–H groups in total. The Bertz CT molecular complexity index is 407. The van der Waals surface area contributed by atoms with Crippen LogP contribution in [0.4, 0.5) is 0 Å².